The van der Waals surface area contributed by atoms with Crippen LogP contribution in [0.2, 0.25) is 0 Å². The van der Waals surface area contributed by atoms with Crippen LogP contribution in [-0.4, -0.2) is 11.7 Å². The van der Waals surface area contributed by atoms with Crippen molar-refractivity contribution in [2.24, 2.45) is 0 Å². The van der Waals surface area contributed by atoms with E-state index in [1.165, 1.54) is 0 Å². The SMILES string of the molecule is C=C(Br)CNCc1cc(C)cc(Br)c1O. The summed E-state index contributed by atoms with van der Waals surface area (Å²) in [4.78, 5) is 0. The summed E-state index contributed by atoms with van der Waals surface area (Å²) >= 11 is 6.58. The minimum absolute atomic E-state index is 0.299. The van der Waals surface area contributed by atoms with Crippen LogP contribution in [0.15, 0.2) is 27.7 Å². The fourth-order valence-corrected chi connectivity index (χ4v) is 2.09. The Balaban J connectivity index is 2.72. The van der Waals surface area contributed by atoms with Gasteiger partial charge in [-0.25, -0.2) is 0 Å². The van der Waals surface area contributed by atoms with Gasteiger partial charge in [-0.2, -0.15) is 0 Å². The van der Waals surface area contributed by atoms with Crippen molar-refractivity contribution in [3.8, 4) is 5.75 Å². The Morgan fingerprint density at radius 3 is 2.80 bits per heavy atom. The summed E-state index contributed by atoms with van der Waals surface area (Å²) in [5.41, 5.74) is 2.00. The van der Waals surface area contributed by atoms with Crippen molar-refractivity contribution in [3.63, 3.8) is 0 Å². The maximum atomic E-state index is 9.77. The number of phenolic OH excluding ortho intramolecular Hbond substituents is 1. The summed E-state index contributed by atoms with van der Waals surface area (Å²) in [7, 11) is 0. The molecule has 2 N–H and O–H groups in total. The zero-order valence-electron chi connectivity index (χ0n) is 8.48. The van der Waals surface area contributed by atoms with E-state index in [-0.39, 0.29) is 0 Å². The van der Waals surface area contributed by atoms with Crippen LogP contribution in [0.25, 0.3) is 0 Å². The van der Waals surface area contributed by atoms with Gasteiger partial charge in [-0.15, -0.1) is 0 Å². The molecule has 0 aliphatic carbocycles. The van der Waals surface area contributed by atoms with E-state index < -0.39 is 0 Å². The average Bonchev–Trinajstić information content (AvgIpc) is 2.12. The Labute approximate surface area is 107 Å². The van der Waals surface area contributed by atoms with Gasteiger partial charge in [0.2, 0.25) is 0 Å². The molecule has 15 heavy (non-hydrogen) atoms. The lowest BCUT2D eigenvalue weighted by Gasteiger charge is -2.09. The van der Waals surface area contributed by atoms with Crippen LogP contribution in [0.4, 0.5) is 0 Å². The van der Waals surface area contributed by atoms with E-state index >= 15 is 0 Å². The molecule has 0 fully saturated rings. The highest BCUT2D eigenvalue weighted by Gasteiger charge is 2.05. The Morgan fingerprint density at radius 1 is 1.53 bits per heavy atom. The molecule has 82 valence electrons. The summed E-state index contributed by atoms with van der Waals surface area (Å²) in [5.74, 6) is 0.299. The summed E-state index contributed by atoms with van der Waals surface area (Å²) in [6.45, 7) is 7.03. The van der Waals surface area contributed by atoms with Gasteiger partial charge in [0, 0.05) is 23.1 Å². The third-order valence-corrected chi connectivity index (χ3v) is 2.80. The minimum Gasteiger partial charge on any atom is -0.506 e. The number of aryl methyl sites for hydroxylation is 1. The van der Waals surface area contributed by atoms with E-state index in [1.54, 1.807) is 0 Å². The molecular formula is C11H13Br2NO. The maximum Gasteiger partial charge on any atom is 0.134 e. The zero-order valence-corrected chi connectivity index (χ0v) is 11.7. The van der Waals surface area contributed by atoms with Crippen LogP contribution in [0.1, 0.15) is 11.1 Å². The lowest BCUT2D eigenvalue weighted by molar-refractivity contribution is 0.462. The molecule has 0 bridgehead atoms. The molecule has 0 saturated carbocycles. The number of halogens is 2. The van der Waals surface area contributed by atoms with E-state index in [9.17, 15) is 5.11 Å². The topological polar surface area (TPSA) is 32.3 Å². The van der Waals surface area contributed by atoms with Crippen LogP contribution < -0.4 is 5.32 Å². The van der Waals surface area contributed by atoms with Gasteiger partial charge >= 0.3 is 0 Å². The van der Waals surface area contributed by atoms with Crippen LogP contribution in [0.3, 0.4) is 0 Å². The Morgan fingerprint density at radius 2 is 2.20 bits per heavy atom. The van der Waals surface area contributed by atoms with Gasteiger partial charge in [-0.3, -0.25) is 0 Å². The summed E-state index contributed by atoms with van der Waals surface area (Å²) < 4.78 is 1.63. The first-order valence-electron chi connectivity index (χ1n) is 4.52. The van der Waals surface area contributed by atoms with Crippen molar-refractivity contribution in [1.82, 2.24) is 5.32 Å². The largest absolute Gasteiger partial charge is 0.506 e. The predicted octanol–water partition coefficient (Wildman–Crippen LogP) is 3.46. The van der Waals surface area contributed by atoms with Crippen LogP contribution in [0.5, 0.6) is 5.75 Å². The second kappa shape index (κ2) is 5.68. The Bertz CT molecular complexity index is 377. The van der Waals surface area contributed by atoms with Gasteiger partial charge < -0.3 is 10.4 Å². The molecule has 1 aromatic rings. The first-order chi connectivity index (χ1) is 7.00. The van der Waals surface area contributed by atoms with Crippen molar-refractivity contribution in [1.29, 1.82) is 0 Å². The first kappa shape index (κ1) is 12.7. The smallest absolute Gasteiger partial charge is 0.134 e. The van der Waals surface area contributed by atoms with Crippen molar-refractivity contribution < 1.29 is 5.11 Å². The molecule has 1 aromatic carbocycles. The molecule has 0 amide bonds. The monoisotopic (exact) mass is 333 g/mol. The Hall–Kier alpha value is -0.320. The van der Waals surface area contributed by atoms with Gasteiger partial charge in [0.25, 0.3) is 0 Å². The molecule has 0 spiro atoms. The molecule has 0 radical (unpaired) electrons. The van der Waals surface area contributed by atoms with Gasteiger partial charge in [0.15, 0.2) is 0 Å². The zero-order chi connectivity index (χ0) is 11.4. The van der Waals surface area contributed by atoms with Crippen molar-refractivity contribution in [2.75, 3.05) is 6.54 Å². The van der Waals surface area contributed by atoms with Crippen LogP contribution in [0, 0.1) is 6.92 Å². The van der Waals surface area contributed by atoms with Gasteiger partial charge in [0.05, 0.1) is 4.47 Å². The standard InChI is InChI=1S/C11H13Br2NO/c1-7-3-9(6-14-5-8(2)12)11(15)10(13)4-7/h3-4,14-15H,2,5-6H2,1H3. The molecule has 0 heterocycles. The third-order valence-electron chi connectivity index (χ3n) is 1.92. The second-order valence-electron chi connectivity index (χ2n) is 3.38. The number of hydrogen-bond acceptors (Lipinski definition) is 2. The fraction of sp³-hybridized carbons (Fsp3) is 0.273. The first-order valence-corrected chi connectivity index (χ1v) is 6.11. The molecule has 0 atom stereocenters. The van der Waals surface area contributed by atoms with E-state index in [1.807, 2.05) is 19.1 Å². The molecule has 4 heteroatoms. The highest BCUT2D eigenvalue weighted by atomic mass is 79.9. The maximum absolute atomic E-state index is 9.77. The Kier molecular flexibility index (Phi) is 4.83. The van der Waals surface area contributed by atoms with E-state index in [0.29, 0.717) is 18.8 Å². The number of nitrogens with one attached hydrogen (secondary N) is 1. The van der Waals surface area contributed by atoms with Gasteiger partial charge in [0.1, 0.15) is 5.75 Å². The summed E-state index contributed by atoms with van der Waals surface area (Å²) in [5, 5.41) is 12.9. The van der Waals surface area contributed by atoms with Crippen LogP contribution >= 0.6 is 31.9 Å². The second-order valence-corrected chi connectivity index (χ2v) is 5.35. The van der Waals surface area contributed by atoms with Crippen molar-refractivity contribution in [2.45, 2.75) is 13.5 Å². The quantitative estimate of drug-likeness (QED) is 0.883. The average molecular weight is 335 g/mol. The molecule has 0 unspecified atom stereocenters. The van der Waals surface area contributed by atoms with E-state index in [4.69, 9.17) is 0 Å². The van der Waals surface area contributed by atoms with Crippen molar-refractivity contribution >= 4 is 31.9 Å². The van der Waals surface area contributed by atoms with Gasteiger partial charge in [-0.05, 0) is 34.5 Å². The normalized spacial score (nSPS) is 10.3. The number of rotatable bonds is 4. The van der Waals surface area contributed by atoms with E-state index in [2.05, 4.69) is 43.8 Å². The predicted molar refractivity (Wildman–Crippen MR) is 70.3 cm³/mol. The lowest BCUT2D eigenvalue weighted by Crippen LogP contribution is -2.14. The molecule has 2 nitrogen and oxygen atoms in total. The minimum atomic E-state index is 0.299. The van der Waals surface area contributed by atoms with Crippen LogP contribution in [-0.2, 0) is 6.54 Å². The highest BCUT2D eigenvalue weighted by molar-refractivity contribution is 9.11. The number of hydrogen-bond donors (Lipinski definition) is 2. The summed E-state index contributed by atoms with van der Waals surface area (Å²) in [6.07, 6.45) is 0. The number of benzene rings is 1. The molecule has 0 aromatic heterocycles. The highest BCUT2D eigenvalue weighted by Crippen LogP contribution is 2.29. The molecular weight excluding hydrogens is 322 g/mol. The van der Waals surface area contributed by atoms with E-state index in [0.717, 1.165) is 20.1 Å². The summed E-state index contributed by atoms with van der Waals surface area (Å²) in [6, 6.07) is 3.85. The molecule has 1 rings (SSSR count). The van der Waals surface area contributed by atoms with Crippen molar-refractivity contribution in [3.05, 3.63) is 38.8 Å². The fourth-order valence-electron chi connectivity index (χ4n) is 1.27. The molecule has 0 saturated heterocycles. The molecule has 0 aliphatic heterocycles. The molecule has 0 aliphatic rings. The number of aromatic hydroxyl groups is 1. The third kappa shape index (κ3) is 3.97. The lowest BCUT2D eigenvalue weighted by atomic mass is 10.1. The van der Waals surface area contributed by atoms with Gasteiger partial charge in [-0.1, -0.05) is 28.6 Å². The number of phenols is 1.